The van der Waals surface area contributed by atoms with Gasteiger partial charge in [-0.1, -0.05) is 12.8 Å². The van der Waals surface area contributed by atoms with Crippen LogP contribution in [0.1, 0.15) is 32.1 Å². The Morgan fingerprint density at radius 3 is 2.71 bits per heavy atom. The lowest BCUT2D eigenvalue weighted by molar-refractivity contribution is -0.120. The van der Waals surface area contributed by atoms with Gasteiger partial charge in [-0.2, -0.15) is 5.10 Å². The highest BCUT2D eigenvalue weighted by Gasteiger charge is 2.41. The van der Waals surface area contributed by atoms with Crippen molar-refractivity contribution in [1.29, 1.82) is 0 Å². The summed E-state index contributed by atoms with van der Waals surface area (Å²) in [6.07, 6.45) is 5.13. The average molecular weight is 342 g/mol. The molecule has 1 aromatic rings. The van der Waals surface area contributed by atoms with E-state index in [4.69, 9.17) is 4.74 Å². The van der Waals surface area contributed by atoms with E-state index in [-0.39, 0.29) is 11.4 Å². The summed E-state index contributed by atoms with van der Waals surface area (Å²) in [7, 11) is 0. The van der Waals surface area contributed by atoms with E-state index in [9.17, 15) is 13.6 Å². The number of nitrogens with zero attached hydrogens (tertiary/aromatic N) is 3. The summed E-state index contributed by atoms with van der Waals surface area (Å²) in [5, 5.41) is 6.64. The van der Waals surface area contributed by atoms with Gasteiger partial charge in [0.05, 0.1) is 25.1 Å². The summed E-state index contributed by atoms with van der Waals surface area (Å²) in [5.41, 5.74) is 0.378. The summed E-state index contributed by atoms with van der Waals surface area (Å²) in [6.45, 7) is 2.68. The van der Waals surface area contributed by atoms with Gasteiger partial charge in [-0.15, -0.1) is 0 Å². The number of amides is 1. The molecular weight excluding hydrogens is 318 g/mol. The van der Waals surface area contributed by atoms with Crippen molar-refractivity contribution in [3.63, 3.8) is 0 Å². The second-order valence-corrected chi connectivity index (χ2v) is 6.60. The van der Waals surface area contributed by atoms with Gasteiger partial charge in [0, 0.05) is 31.2 Å². The van der Waals surface area contributed by atoms with Crippen LogP contribution < -0.4 is 5.32 Å². The minimum Gasteiger partial charge on any atom is -0.379 e. The SMILES string of the molecule is O=C(CC1(N2CCOCC2)CCCC1)Nc1cnn(CC(F)F)c1. The van der Waals surface area contributed by atoms with Gasteiger partial charge in [0.25, 0.3) is 6.43 Å². The molecule has 0 unspecified atom stereocenters. The van der Waals surface area contributed by atoms with E-state index in [0.29, 0.717) is 25.3 Å². The summed E-state index contributed by atoms with van der Waals surface area (Å²) in [4.78, 5) is 14.9. The number of aromatic nitrogens is 2. The zero-order valence-corrected chi connectivity index (χ0v) is 13.7. The largest absolute Gasteiger partial charge is 0.379 e. The average Bonchev–Trinajstić information content (AvgIpc) is 3.18. The molecule has 1 aliphatic carbocycles. The van der Waals surface area contributed by atoms with Crippen molar-refractivity contribution in [2.24, 2.45) is 0 Å². The van der Waals surface area contributed by atoms with Crippen LogP contribution in [0.2, 0.25) is 0 Å². The lowest BCUT2D eigenvalue weighted by atomic mass is 9.90. The Bertz CT molecular complexity index is 552. The minimum atomic E-state index is -2.46. The maximum atomic E-state index is 12.5. The van der Waals surface area contributed by atoms with Gasteiger partial charge in [0.2, 0.25) is 5.91 Å². The third-order valence-corrected chi connectivity index (χ3v) is 4.95. The molecule has 0 radical (unpaired) electrons. The fraction of sp³-hybridized carbons (Fsp3) is 0.750. The highest BCUT2D eigenvalue weighted by atomic mass is 19.3. The van der Waals surface area contributed by atoms with Crippen molar-refractivity contribution < 1.29 is 18.3 Å². The number of carbonyl (C=O) groups is 1. The molecule has 8 heteroatoms. The van der Waals surface area contributed by atoms with E-state index >= 15 is 0 Å². The number of rotatable bonds is 6. The van der Waals surface area contributed by atoms with Crippen molar-refractivity contribution in [2.45, 2.75) is 50.6 Å². The first-order valence-corrected chi connectivity index (χ1v) is 8.51. The maximum Gasteiger partial charge on any atom is 0.257 e. The van der Waals surface area contributed by atoms with Crippen molar-refractivity contribution in [1.82, 2.24) is 14.7 Å². The molecule has 24 heavy (non-hydrogen) atoms. The summed E-state index contributed by atoms with van der Waals surface area (Å²) < 4.78 is 31.3. The van der Waals surface area contributed by atoms with Gasteiger partial charge in [-0.3, -0.25) is 14.4 Å². The standard InChI is InChI=1S/C16H24F2N4O2/c17-14(18)12-22-11-13(10-19-22)20-15(23)9-16(3-1-2-4-16)21-5-7-24-8-6-21/h10-11,14H,1-9,12H2,(H,20,23). The number of ether oxygens (including phenoxy) is 1. The molecule has 2 heterocycles. The number of halogens is 2. The molecule has 2 aliphatic rings. The molecule has 0 atom stereocenters. The first-order valence-electron chi connectivity index (χ1n) is 8.51. The number of anilines is 1. The van der Waals surface area contributed by atoms with Crippen LogP contribution in [0.25, 0.3) is 0 Å². The van der Waals surface area contributed by atoms with Gasteiger partial charge in [0.15, 0.2) is 0 Å². The highest BCUT2D eigenvalue weighted by molar-refractivity contribution is 5.91. The Balaban J connectivity index is 1.60. The van der Waals surface area contributed by atoms with Crippen molar-refractivity contribution >= 4 is 11.6 Å². The second-order valence-electron chi connectivity index (χ2n) is 6.60. The Hall–Kier alpha value is -1.54. The smallest absolute Gasteiger partial charge is 0.257 e. The number of nitrogens with one attached hydrogen (secondary N) is 1. The van der Waals surface area contributed by atoms with Crippen LogP contribution >= 0.6 is 0 Å². The summed E-state index contributed by atoms with van der Waals surface area (Å²) in [6, 6.07) is 0. The first kappa shape index (κ1) is 17.3. The molecule has 0 aromatic carbocycles. The van der Waals surface area contributed by atoms with E-state index in [1.54, 1.807) is 0 Å². The molecular formula is C16H24F2N4O2. The molecule has 1 saturated heterocycles. The fourth-order valence-corrected chi connectivity index (χ4v) is 3.85. The molecule has 134 valence electrons. The zero-order valence-electron chi connectivity index (χ0n) is 13.7. The molecule has 1 saturated carbocycles. The van der Waals surface area contributed by atoms with Crippen LogP contribution in [0, 0.1) is 0 Å². The predicted octanol–water partition coefficient (Wildman–Crippen LogP) is 2.12. The van der Waals surface area contributed by atoms with E-state index in [0.717, 1.165) is 43.5 Å². The van der Waals surface area contributed by atoms with Gasteiger partial charge < -0.3 is 10.1 Å². The van der Waals surface area contributed by atoms with Crippen LogP contribution in [-0.2, 0) is 16.1 Å². The van der Waals surface area contributed by atoms with Gasteiger partial charge in [-0.05, 0) is 12.8 Å². The number of morpholine rings is 1. The van der Waals surface area contributed by atoms with Crippen LogP contribution in [0.3, 0.4) is 0 Å². The lowest BCUT2D eigenvalue weighted by Crippen LogP contribution is -2.53. The van der Waals surface area contributed by atoms with E-state index in [2.05, 4.69) is 15.3 Å². The predicted molar refractivity (Wildman–Crippen MR) is 85.1 cm³/mol. The molecule has 3 rings (SSSR count). The molecule has 1 amide bonds. The minimum absolute atomic E-state index is 0.0833. The monoisotopic (exact) mass is 342 g/mol. The topological polar surface area (TPSA) is 59.4 Å². The molecule has 1 aliphatic heterocycles. The highest BCUT2D eigenvalue weighted by Crippen LogP contribution is 2.38. The maximum absolute atomic E-state index is 12.5. The fourth-order valence-electron chi connectivity index (χ4n) is 3.85. The Morgan fingerprint density at radius 2 is 2.04 bits per heavy atom. The van der Waals surface area contributed by atoms with Crippen LogP contribution in [-0.4, -0.2) is 58.9 Å². The molecule has 0 spiro atoms. The van der Waals surface area contributed by atoms with E-state index in [1.807, 2.05) is 0 Å². The van der Waals surface area contributed by atoms with Crippen molar-refractivity contribution in [2.75, 3.05) is 31.6 Å². The van der Waals surface area contributed by atoms with Gasteiger partial charge in [0.1, 0.15) is 6.54 Å². The number of hydrogen-bond acceptors (Lipinski definition) is 4. The Labute approximate surface area is 140 Å². The van der Waals surface area contributed by atoms with Crippen LogP contribution in [0.5, 0.6) is 0 Å². The lowest BCUT2D eigenvalue weighted by Gasteiger charge is -2.43. The van der Waals surface area contributed by atoms with Gasteiger partial charge >= 0.3 is 0 Å². The molecule has 0 bridgehead atoms. The third-order valence-electron chi connectivity index (χ3n) is 4.95. The molecule has 1 aromatic heterocycles. The summed E-state index contributed by atoms with van der Waals surface area (Å²) >= 11 is 0. The molecule has 1 N–H and O–H groups in total. The molecule has 2 fully saturated rings. The Morgan fingerprint density at radius 1 is 1.33 bits per heavy atom. The van der Waals surface area contributed by atoms with Crippen molar-refractivity contribution in [3.8, 4) is 0 Å². The number of hydrogen-bond donors (Lipinski definition) is 1. The normalized spacial score (nSPS) is 21.3. The summed E-state index contributed by atoms with van der Waals surface area (Å²) in [5.74, 6) is -0.0833. The van der Waals surface area contributed by atoms with E-state index < -0.39 is 13.0 Å². The Kier molecular flexibility index (Phi) is 5.45. The number of carbonyl (C=O) groups excluding carboxylic acids is 1. The van der Waals surface area contributed by atoms with Crippen molar-refractivity contribution in [3.05, 3.63) is 12.4 Å². The zero-order chi connectivity index (χ0) is 17.0. The molecule has 6 nitrogen and oxygen atoms in total. The first-order chi connectivity index (χ1) is 11.6. The van der Waals surface area contributed by atoms with Gasteiger partial charge in [-0.25, -0.2) is 8.78 Å². The quantitative estimate of drug-likeness (QED) is 0.860. The number of alkyl halides is 2. The van der Waals surface area contributed by atoms with Crippen LogP contribution in [0.4, 0.5) is 14.5 Å². The van der Waals surface area contributed by atoms with Crippen LogP contribution in [0.15, 0.2) is 12.4 Å². The second kappa shape index (κ2) is 7.57. The third kappa shape index (κ3) is 4.10. The van der Waals surface area contributed by atoms with E-state index in [1.165, 1.54) is 12.4 Å².